The summed E-state index contributed by atoms with van der Waals surface area (Å²) in [6, 6.07) is 0. The molecule has 1 aliphatic heterocycles. The first-order valence-corrected chi connectivity index (χ1v) is 8.46. The Labute approximate surface area is 158 Å². The molecule has 6 N–H and O–H groups in total. The third-order valence-electron chi connectivity index (χ3n) is 4.23. The van der Waals surface area contributed by atoms with E-state index in [1.165, 1.54) is 12.7 Å². The zero-order valence-electron chi connectivity index (χ0n) is 14.9. The maximum absolute atomic E-state index is 11.1. The van der Waals surface area contributed by atoms with E-state index in [-0.39, 0.29) is 6.61 Å². The lowest BCUT2D eigenvalue weighted by atomic mass is 9.99. The molecule has 0 saturated carbocycles. The first-order chi connectivity index (χ1) is 13.4. The van der Waals surface area contributed by atoms with Crippen LogP contribution in [0, 0.1) is 0 Å². The predicted octanol–water partition coefficient (Wildman–Crippen LogP) is -1.38. The fraction of sp³-hybridized carbons (Fsp3) is 0.500. The minimum atomic E-state index is -1.75. The fourth-order valence-electron chi connectivity index (χ4n) is 2.68. The molecule has 1 saturated heterocycles. The third kappa shape index (κ3) is 4.26. The van der Waals surface area contributed by atoms with E-state index >= 15 is 0 Å². The zero-order valence-corrected chi connectivity index (χ0v) is 14.9. The summed E-state index contributed by atoms with van der Waals surface area (Å²) in [5.74, 6) is -0.876. The van der Waals surface area contributed by atoms with Crippen molar-refractivity contribution in [2.75, 3.05) is 18.5 Å². The van der Waals surface area contributed by atoms with E-state index < -0.39 is 36.7 Å². The van der Waals surface area contributed by atoms with Crippen molar-refractivity contribution in [2.24, 2.45) is 0 Å². The van der Waals surface area contributed by atoms with E-state index in [9.17, 15) is 20.1 Å². The first kappa shape index (κ1) is 20.1. The van der Waals surface area contributed by atoms with Crippen molar-refractivity contribution in [1.82, 2.24) is 19.9 Å². The van der Waals surface area contributed by atoms with Gasteiger partial charge in [-0.15, -0.1) is 0 Å². The Morgan fingerprint density at radius 2 is 2.07 bits per heavy atom. The van der Waals surface area contributed by atoms with Crippen LogP contribution in [-0.2, 0) is 14.3 Å². The number of aromatic nitrogens is 4. The van der Waals surface area contributed by atoms with Gasteiger partial charge in [-0.05, 0) is 12.5 Å². The second-order valence-electron chi connectivity index (χ2n) is 6.30. The lowest BCUT2D eigenvalue weighted by Gasteiger charge is -2.38. The maximum Gasteiger partial charge on any atom is 0.335 e. The Kier molecular flexibility index (Phi) is 6.16. The van der Waals surface area contributed by atoms with Gasteiger partial charge in [-0.1, -0.05) is 6.08 Å². The van der Waals surface area contributed by atoms with Crippen LogP contribution < -0.4 is 5.32 Å². The average molecular weight is 395 g/mol. The Morgan fingerprint density at radius 1 is 1.29 bits per heavy atom. The highest BCUT2D eigenvalue weighted by molar-refractivity contribution is 5.81. The Hall–Kier alpha value is -2.64. The zero-order chi connectivity index (χ0) is 20.3. The number of carboxylic acid groups (broad SMARTS) is 1. The summed E-state index contributed by atoms with van der Waals surface area (Å²) in [7, 11) is 0. The highest BCUT2D eigenvalue weighted by Gasteiger charge is 2.47. The Morgan fingerprint density at radius 3 is 2.82 bits per heavy atom. The third-order valence-corrected chi connectivity index (χ3v) is 4.23. The summed E-state index contributed by atoms with van der Waals surface area (Å²) in [6.07, 6.45) is -3.38. The molecule has 28 heavy (non-hydrogen) atoms. The number of rotatable bonds is 7. The van der Waals surface area contributed by atoms with Crippen LogP contribution in [0.3, 0.4) is 0 Å². The standard InChI is InChI=1S/C16H21N5O7/c1-7(2-3-17-13-8-14(19-5-18-8)21-6-20-13)4-27-16-11(24)9(22)10(23)12(28-16)15(25)26/h2,5-6,9-12,16,22-24H,3-4H2,1H3,(H,25,26)(H2,17,18,19,20,21)/b7-2+/t9-,10?,11-,12+,16+/m0/s1. The van der Waals surface area contributed by atoms with Gasteiger partial charge in [0, 0.05) is 6.54 Å². The number of fused-ring (bicyclic) bond motifs is 1. The largest absolute Gasteiger partial charge is 0.479 e. The van der Waals surface area contributed by atoms with Crippen molar-refractivity contribution < 1.29 is 34.7 Å². The van der Waals surface area contributed by atoms with Crippen molar-refractivity contribution in [2.45, 2.75) is 37.6 Å². The number of aromatic amines is 1. The van der Waals surface area contributed by atoms with Crippen LogP contribution in [0.1, 0.15) is 6.92 Å². The number of aliphatic carboxylic acids is 1. The molecule has 0 aliphatic carbocycles. The van der Waals surface area contributed by atoms with E-state index in [0.29, 0.717) is 23.5 Å². The van der Waals surface area contributed by atoms with E-state index in [1.807, 2.05) is 0 Å². The van der Waals surface area contributed by atoms with Crippen LogP contribution in [0.5, 0.6) is 0 Å². The molecular formula is C16H21N5O7. The van der Waals surface area contributed by atoms with Crippen LogP contribution in [0.2, 0.25) is 0 Å². The quantitative estimate of drug-likeness (QED) is 0.304. The van der Waals surface area contributed by atoms with Crippen LogP contribution in [0.4, 0.5) is 5.82 Å². The molecule has 1 unspecified atom stereocenters. The van der Waals surface area contributed by atoms with Gasteiger partial charge >= 0.3 is 5.97 Å². The van der Waals surface area contributed by atoms with E-state index in [1.54, 1.807) is 13.0 Å². The smallest absolute Gasteiger partial charge is 0.335 e. The number of carboxylic acids is 1. The van der Waals surface area contributed by atoms with Gasteiger partial charge < -0.3 is 40.2 Å². The molecule has 12 heteroatoms. The number of anilines is 1. The molecule has 3 heterocycles. The van der Waals surface area contributed by atoms with Crippen LogP contribution >= 0.6 is 0 Å². The molecule has 1 aliphatic rings. The Bertz CT molecular complexity index is 857. The summed E-state index contributed by atoms with van der Waals surface area (Å²) in [6.45, 7) is 2.19. The highest BCUT2D eigenvalue weighted by Crippen LogP contribution is 2.22. The summed E-state index contributed by atoms with van der Waals surface area (Å²) in [4.78, 5) is 26.2. The predicted molar refractivity (Wildman–Crippen MR) is 94.2 cm³/mol. The lowest BCUT2D eigenvalue weighted by Crippen LogP contribution is -2.60. The molecule has 2 aromatic rings. The van der Waals surface area contributed by atoms with Crippen molar-refractivity contribution in [1.29, 1.82) is 0 Å². The topological polar surface area (TPSA) is 183 Å². The van der Waals surface area contributed by atoms with Crippen LogP contribution in [0.25, 0.3) is 11.2 Å². The molecule has 0 spiro atoms. The number of ether oxygens (including phenoxy) is 2. The van der Waals surface area contributed by atoms with Gasteiger partial charge in [-0.25, -0.2) is 19.7 Å². The van der Waals surface area contributed by atoms with Crippen molar-refractivity contribution in [3.05, 3.63) is 24.3 Å². The van der Waals surface area contributed by atoms with Gasteiger partial charge in [-0.2, -0.15) is 0 Å². The fourth-order valence-corrected chi connectivity index (χ4v) is 2.68. The number of nitrogens with one attached hydrogen (secondary N) is 2. The SMILES string of the molecule is C/C(=C\CNc1ncnc2nc[nH]c12)CO[C@@H]1O[C@@H](C(=O)O)C(O)[C@H](O)[C@@H]1O. The molecular weight excluding hydrogens is 374 g/mol. The number of carbonyl (C=O) groups is 1. The van der Waals surface area contributed by atoms with Crippen LogP contribution in [0.15, 0.2) is 24.3 Å². The lowest BCUT2D eigenvalue weighted by molar-refractivity contribution is -0.292. The molecule has 0 aromatic carbocycles. The van der Waals surface area contributed by atoms with Gasteiger partial charge in [0.2, 0.25) is 0 Å². The monoisotopic (exact) mass is 395 g/mol. The van der Waals surface area contributed by atoms with Crippen LogP contribution in [-0.4, -0.2) is 90.2 Å². The normalized spacial score (nSPS) is 28.4. The summed E-state index contributed by atoms with van der Waals surface area (Å²) >= 11 is 0. The number of imidazole rings is 1. The number of aliphatic hydroxyl groups is 3. The molecule has 0 bridgehead atoms. The minimum absolute atomic E-state index is 0.0157. The van der Waals surface area contributed by atoms with Gasteiger partial charge in [0.15, 0.2) is 23.9 Å². The number of aliphatic hydroxyl groups excluding tert-OH is 3. The summed E-state index contributed by atoms with van der Waals surface area (Å²) < 4.78 is 10.4. The molecule has 0 amide bonds. The van der Waals surface area contributed by atoms with Crippen molar-refractivity contribution >= 4 is 23.0 Å². The molecule has 2 aromatic heterocycles. The minimum Gasteiger partial charge on any atom is -0.479 e. The molecule has 1 fully saturated rings. The molecule has 0 radical (unpaired) electrons. The highest BCUT2D eigenvalue weighted by atomic mass is 16.7. The number of hydrogen-bond donors (Lipinski definition) is 6. The maximum atomic E-state index is 11.1. The molecule has 5 atom stereocenters. The summed E-state index contributed by atoms with van der Waals surface area (Å²) in [5.41, 5.74) is 1.97. The molecule has 152 valence electrons. The van der Waals surface area contributed by atoms with Gasteiger partial charge in [0.1, 0.15) is 30.2 Å². The van der Waals surface area contributed by atoms with Gasteiger partial charge in [0.05, 0.1) is 12.9 Å². The average Bonchev–Trinajstić information content (AvgIpc) is 3.15. The first-order valence-electron chi connectivity index (χ1n) is 8.46. The molecule has 12 nitrogen and oxygen atoms in total. The number of hydrogen-bond acceptors (Lipinski definition) is 10. The van der Waals surface area contributed by atoms with E-state index in [2.05, 4.69) is 25.3 Å². The van der Waals surface area contributed by atoms with Crippen molar-refractivity contribution in [3.63, 3.8) is 0 Å². The summed E-state index contributed by atoms with van der Waals surface area (Å²) in [5, 5.41) is 41.5. The molecule has 3 rings (SSSR count). The second-order valence-corrected chi connectivity index (χ2v) is 6.30. The second kappa shape index (κ2) is 8.58. The van der Waals surface area contributed by atoms with E-state index in [0.717, 1.165) is 5.57 Å². The van der Waals surface area contributed by atoms with Gasteiger partial charge in [-0.3, -0.25) is 0 Å². The Balaban J connectivity index is 1.53. The van der Waals surface area contributed by atoms with E-state index in [4.69, 9.17) is 14.6 Å². The van der Waals surface area contributed by atoms with Crippen molar-refractivity contribution in [3.8, 4) is 0 Å². The van der Waals surface area contributed by atoms with Gasteiger partial charge in [0.25, 0.3) is 0 Å². The number of H-pyrrole nitrogens is 1. The number of nitrogens with zero attached hydrogens (tertiary/aromatic N) is 3.